The second kappa shape index (κ2) is 4.30. The Hall–Kier alpha value is -1.68. The molecule has 1 saturated carbocycles. The van der Waals surface area contributed by atoms with E-state index in [2.05, 4.69) is 0 Å². The second-order valence-electron chi connectivity index (χ2n) is 4.45. The maximum absolute atomic E-state index is 11.3. The van der Waals surface area contributed by atoms with Gasteiger partial charge < -0.3 is 10.2 Å². The van der Waals surface area contributed by atoms with Gasteiger partial charge in [-0.3, -0.25) is 4.79 Å². The first-order valence-electron chi connectivity index (χ1n) is 5.56. The van der Waals surface area contributed by atoms with Crippen LogP contribution in [0, 0.1) is 0 Å². The van der Waals surface area contributed by atoms with Crippen molar-refractivity contribution >= 4 is 11.8 Å². The summed E-state index contributed by atoms with van der Waals surface area (Å²) in [6.45, 7) is 0. The molecule has 0 saturated heterocycles. The van der Waals surface area contributed by atoms with Gasteiger partial charge in [-0.2, -0.15) is 0 Å². The van der Waals surface area contributed by atoms with Gasteiger partial charge in [-0.1, -0.05) is 30.3 Å². The Bertz CT molecular complexity index is 440. The molecule has 1 aromatic rings. The third-order valence-electron chi connectivity index (χ3n) is 3.33. The van der Waals surface area contributed by atoms with Gasteiger partial charge in [0.1, 0.15) is 5.78 Å². The maximum Gasteiger partial charge on any atom is 0.336 e. The van der Waals surface area contributed by atoms with E-state index in [1.54, 1.807) is 24.3 Å². The Balaban J connectivity index is 2.38. The Morgan fingerprint density at radius 3 is 2.53 bits per heavy atom. The minimum Gasteiger partial charge on any atom is -0.479 e. The number of Topliss-reactive ketones (excluding diaryl/α,β-unsaturated/α-hetero) is 1. The van der Waals surface area contributed by atoms with Crippen molar-refractivity contribution < 1.29 is 19.8 Å². The molecule has 0 amide bonds. The molecule has 0 unspecified atom stereocenters. The highest BCUT2D eigenvalue weighted by Crippen LogP contribution is 2.39. The predicted molar refractivity (Wildman–Crippen MR) is 60.6 cm³/mol. The predicted octanol–water partition coefficient (Wildman–Crippen LogP) is 1.34. The van der Waals surface area contributed by atoms with Gasteiger partial charge in [-0.05, 0) is 12.0 Å². The van der Waals surface area contributed by atoms with Gasteiger partial charge in [0, 0.05) is 18.8 Å². The average Bonchev–Trinajstić information content (AvgIpc) is 2.30. The highest BCUT2D eigenvalue weighted by atomic mass is 16.4. The number of benzene rings is 1. The third-order valence-corrected chi connectivity index (χ3v) is 3.33. The molecular formula is C13H14O4. The molecule has 2 atom stereocenters. The van der Waals surface area contributed by atoms with Gasteiger partial charge in [0.05, 0.1) is 0 Å². The topological polar surface area (TPSA) is 74.6 Å². The van der Waals surface area contributed by atoms with Crippen LogP contribution < -0.4 is 0 Å². The summed E-state index contributed by atoms with van der Waals surface area (Å²) in [6, 6.07) is 9.00. The van der Waals surface area contributed by atoms with Crippen molar-refractivity contribution in [2.45, 2.75) is 30.8 Å². The molecule has 0 heterocycles. The van der Waals surface area contributed by atoms with Crippen molar-refractivity contribution in [1.29, 1.82) is 0 Å². The average molecular weight is 234 g/mol. The summed E-state index contributed by atoms with van der Waals surface area (Å²) in [5.41, 5.74) is -1.19. The number of carboxylic acids is 1. The zero-order valence-corrected chi connectivity index (χ0v) is 9.30. The SMILES string of the molecule is O=C1CC[C@@H](c2ccccc2)[C@@](O)(C(=O)O)C1. The number of aliphatic hydroxyl groups is 1. The second-order valence-corrected chi connectivity index (χ2v) is 4.45. The van der Waals surface area contributed by atoms with Crippen LogP contribution in [-0.2, 0) is 9.59 Å². The van der Waals surface area contributed by atoms with Crippen LogP contribution in [0.2, 0.25) is 0 Å². The Morgan fingerprint density at radius 2 is 1.94 bits per heavy atom. The lowest BCUT2D eigenvalue weighted by Crippen LogP contribution is -2.49. The fraction of sp³-hybridized carbons (Fsp3) is 0.385. The zero-order valence-electron chi connectivity index (χ0n) is 9.30. The summed E-state index contributed by atoms with van der Waals surface area (Å²) in [7, 11) is 0. The molecule has 0 aliphatic heterocycles. The van der Waals surface area contributed by atoms with Crippen LogP contribution in [0.25, 0.3) is 0 Å². The van der Waals surface area contributed by atoms with Crippen LogP contribution in [0.15, 0.2) is 30.3 Å². The van der Waals surface area contributed by atoms with E-state index in [0.29, 0.717) is 12.8 Å². The van der Waals surface area contributed by atoms with Gasteiger partial charge in [-0.25, -0.2) is 4.79 Å². The van der Waals surface area contributed by atoms with Crippen LogP contribution in [0.5, 0.6) is 0 Å². The quantitative estimate of drug-likeness (QED) is 0.809. The minimum absolute atomic E-state index is 0.193. The molecule has 2 N–H and O–H groups in total. The van der Waals surface area contributed by atoms with Crippen LogP contribution >= 0.6 is 0 Å². The molecule has 1 aliphatic rings. The van der Waals surface area contributed by atoms with Gasteiger partial charge >= 0.3 is 5.97 Å². The van der Waals surface area contributed by atoms with Gasteiger partial charge in [-0.15, -0.1) is 0 Å². The van der Waals surface area contributed by atoms with Crippen molar-refractivity contribution in [3.63, 3.8) is 0 Å². The van der Waals surface area contributed by atoms with Crippen LogP contribution in [0.4, 0.5) is 0 Å². The largest absolute Gasteiger partial charge is 0.479 e. The molecule has 4 heteroatoms. The summed E-state index contributed by atoms with van der Waals surface area (Å²) in [6.07, 6.45) is 0.405. The molecule has 4 nitrogen and oxygen atoms in total. The molecule has 17 heavy (non-hydrogen) atoms. The molecular weight excluding hydrogens is 220 g/mol. The van der Waals surface area contributed by atoms with Crippen molar-refractivity contribution in [1.82, 2.24) is 0 Å². The standard InChI is InChI=1S/C13H14O4/c14-10-6-7-11(9-4-2-1-3-5-9)13(17,8-10)12(15)16/h1-5,11,17H,6-8H2,(H,15,16)/t11-,13+/m0/s1. The van der Waals surface area contributed by atoms with E-state index in [4.69, 9.17) is 5.11 Å². The van der Waals surface area contributed by atoms with E-state index in [9.17, 15) is 14.7 Å². The summed E-state index contributed by atoms with van der Waals surface area (Å²) in [4.78, 5) is 22.5. The van der Waals surface area contributed by atoms with Crippen molar-refractivity contribution in [3.05, 3.63) is 35.9 Å². The number of carbonyl (C=O) groups is 2. The van der Waals surface area contributed by atoms with E-state index < -0.39 is 17.5 Å². The molecule has 2 rings (SSSR count). The van der Waals surface area contributed by atoms with Gasteiger partial charge in [0.25, 0.3) is 0 Å². The highest BCUT2D eigenvalue weighted by molar-refractivity contribution is 5.90. The van der Waals surface area contributed by atoms with Gasteiger partial charge in [0.2, 0.25) is 0 Å². The fourth-order valence-electron chi connectivity index (χ4n) is 2.41. The number of hydrogen-bond donors (Lipinski definition) is 2. The van der Waals surface area contributed by atoms with E-state index in [1.165, 1.54) is 0 Å². The van der Waals surface area contributed by atoms with E-state index in [1.807, 2.05) is 6.07 Å². The number of ketones is 1. The number of hydrogen-bond acceptors (Lipinski definition) is 3. The molecule has 0 aromatic heterocycles. The number of carboxylic acid groups (broad SMARTS) is 1. The number of rotatable bonds is 2. The summed E-state index contributed by atoms with van der Waals surface area (Å²) < 4.78 is 0. The lowest BCUT2D eigenvalue weighted by molar-refractivity contribution is -0.167. The first-order chi connectivity index (χ1) is 8.04. The van der Waals surface area contributed by atoms with E-state index in [-0.39, 0.29) is 12.2 Å². The first kappa shape index (κ1) is 11.8. The molecule has 0 bridgehead atoms. The minimum atomic E-state index is -1.96. The summed E-state index contributed by atoms with van der Waals surface area (Å²) in [5, 5.41) is 19.4. The lowest BCUT2D eigenvalue weighted by atomic mass is 9.71. The highest BCUT2D eigenvalue weighted by Gasteiger charge is 2.48. The fourth-order valence-corrected chi connectivity index (χ4v) is 2.41. The normalized spacial score (nSPS) is 29.0. The number of carbonyl (C=O) groups excluding carboxylic acids is 1. The molecule has 0 spiro atoms. The lowest BCUT2D eigenvalue weighted by Gasteiger charge is -2.35. The van der Waals surface area contributed by atoms with Crippen molar-refractivity contribution in [2.24, 2.45) is 0 Å². The van der Waals surface area contributed by atoms with E-state index in [0.717, 1.165) is 5.56 Å². The zero-order chi connectivity index (χ0) is 12.5. The van der Waals surface area contributed by atoms with Crippen LogP contribution in [0.3, 0.4) is 0 Å². The molecule has 1 aliphatic carbocycles. The van der Waals surface area contributed by atoms with Crippen molar-refractivity contribution in [2.75, 3.05) is 0 Å². The maximum atomic E-state index is 11.3. The van der Waals surface area contributed by atoms with Gasteiger partial charge in [0.15, 0.2) is 5.60 Å². The molecule has 90 valence electrons. The van der Waals surface area contributed by atoms with E-state index >= 15 is 0 Å². The summed E-state index contributed by atoms with van der Waals surface area (Å²) in [5.74, 6) is -2.03. The summed E-state index contributed by atoms with van der Waals surface area (Å²) >= 11 is 0. The van der Waals surface area contributed by atoms with Crippen LogP contribution in [0.1, 0.15) is 30.7 Å². The Labute approximate surface area is 98.9 Å². The van der Waals surface area contributed by atoms with Crippen molar-refractivity contribution in [3.8, 4) is 0 Å². The monoisotopic (exact) mass is 234 g/mol. The molecule has 0 radical (unpaired) electrons. The molecule has 1 fully saturated rings. The smallest absolute Gasteiger partial charge is 0.336 e. The third kappa shape index (κ3) is 2.08. The first-order valence-corrected chi connectivity index (χ1v) is 5.56. The Kier molecular flexibility index (Phi) is 2.98. The van der Waals surface area contributed by atoms with Crippen LogP contribution in [-0.4, -0.2) is 27.6 Å². The molecule has 1 aromatic carbocycles. The Morgan fingerprint density at radius 1 is 1.29 bits per heavy atom. The number of aliphatic carboxylic acids is 1.